The highest BCUT2D eigenvalue weighted by Crippen LogP contribution is 2.11. The number of hydrogen-bond donors (Lipinski definition) is 2. The second-order valence-electron chi connectivity index (χ2n) is 6.20. The number of piperazine rings is 1. The molecule has 1 aliphatic heterocycles. The molecule has 1 fully saturated rings. The van der Waals surface area contributed by atoms with Gasteiger partial charge in [-0.2, -0.15) is 5.10 Å². The number of nitrogens with one attached hydrogen (secondary N) is 2. The topological polar surface area (TPSA) is 79.3 Å². The number of nitrogens with zero attached hydrogens (tertiary/aromatic N) is 3. The minimum atomic E-state index is -0.399. The monoisotopic (exact) mass is 341 g/mol. The summed E-state index contributed by atoms with van der Waals surface area (Å²) in [6.07, 6.45) is 4.24. The Kier molecular flexibility index (Phi) is 5.02. The number of carbonyl (C=O) groups excluding carboxylic acids is 2. The van der Waals surface area contributed by atoms with Crippen LogP contribution in [0.4, 0.5) is 4.79 Å². The van der Waals surface area contributed by atoms with Crippen molar-refractivity contribution in [3.8, 4) is 5.69 Å². The summed E-state index contributed by atoms with van der Waals surface area (Å²) in [6, 6.07) is 7.44. The van der Waals surface area contributed by atoms with Crippen LogP contribution in [-0.4, -0.2) is 45.8 Å². The molecule has 1 unspecified atom stereocenters. The quantitative estimate of drug-likeness (QED) is 0.886. The zero-order valence-electron chi connectivity index (χ0n) is 14.5. The van der Waals surface area contributed by atoms with Crippen molar-refractivity contribution in [2.24, 2.45) is 0 Å². The highest BCUT2D eigenvalue weighted by Gasteiger charge is 2.31. The lowest BCUT2D eigenvalue weighted by molar-refractivity contribution is -0.127. The minimum Gasteiger partial charge on any atom is -0.353 e. The molecule has 3 amide bonds. The first-order valence-electron chi connectivity index (χ1n) is 8.51. The lowest BCUT2D eigenvalue weighted by Gasteiger charge is -2.34. The first-order valence-corrected chi connectivity index (χ1v) is 8.51. The number of aryl methyl sites for hydroxylation is 1. The summed E-state index contributed by atoms with van der Waals surface area (Å²) in [5.41, 5.74) is 3.05. The Morgan fingerprint density at radius 3 is 3.04 bits per heavy atom. The molecule has 0 aliphatic carbocycles. The SMILES string of the molecule is CCC1C(=O)NCCN1C(=O)NCc1cnn(-c2cccc(C)c2)c1. The third-order valence-electron chi connectivity index (χ3n) is 4.32. The average molecular weight is 341 g/mol. The van der Waals surface area contributed by atoms with Gasteiger partial charge in [0.15, 0.2) is 0 Å². The third-order valence-corrected chi connectivity index (χ3v) is 4.32. The Morgan fingerprint density at radius 2 is 2.28 bits per heavy atom. The van der Waals surface area contributed by atoms with Crippen molar-refractivity contribution in [1.82, 2.24) is 25.3 Å². The molecule has 0 saturated carbocycles. The maximum absolute atomic E-state index is 12.4. The van der Waals surface area contributed by atoms with Gasteiger partial charge in [-0.25, -0.2) is 9.48 Å². The van der Waals surface area contributed by atoms with Gasteiger partial charge in [0, 0.05) is 31.4 Å². The van der Waals surface area contributed by atoms with E-state index in [1.165, 1.54) is 0 Å². The van der Waals surface area contributed by atoms with Crippen molar-refractivity contribution >= 4 is 11.9 Å². The van der Waals surface area contributed by atoms with Gasteiger partial charge in [-0.3, -0.25) is 4.79 Å². The summed E-state index contributed by atoms with van der Waals surface area (Å²) < 4.78 is 1.79. The molecule has 2 N–H and O–H groups in total. The summed E-state index contributed by atoms with van der Waals surface area (Å²) >= 11 is 0. The molecule has 3 rings (SSSR count). The molecule has 1 aromatic heterocycles. The van der Waals surface area contributed by atoms with E-state index in [1.54, 1.807) is 15.8 Å². The van der Waals surface area contributed by atoms with E-state index in [4.69, 9.17) is 0 Å². The fourth-order valence-electron chi connectivity index (χ4n) is 3.01. The van der Waals surface area contributed by atoms with Crippen molar-refractivity contribution < 1.29 is 9.59 Å². The highest BCUT2D eigenvalue weighted by atomic mass is 16.2. The smallest absolute Gasteiger partial charge is 0.318 e. The zero-order chi connectivity index (χ0) is 17.8. The van der Waals surface area contributed by atoms with Gasteiger partial charge >= 0.3 is 6.03 Å². The molecular formula is C18H23N5O2. The van der Waals surface area contributed by atoms with Crippen molar-refractivity contribution in [3.63, 3.8) is 0 Å². The predicted molar refractivity (Wildman–Crippen MR) is 94.3 cm³/mol. The minimum absolute atomic E-state index is 0.0869. The molecule has 7 heteroatoms. The van der Waals surface area contributed by atoms with E-state index in [9.17, 15) is 9.59 Å². The average Bonchev–Trinajstić information content (AvgIpc) is 3.08. The number of carbonyl (C=O) groups is 2. The van der Waals surface area contributed by atoms with Crippen molar-refractivity contribution in [2.45, 2.75) is 32.9 Å². The van der Waals surface area contributed by atoms with Gasteiger partial charge in [-0.05, 0) is 31.0 Å². The zero-order valence-corrected chi connectivity index (χ0v) is 14.5. The summed E-state index contributed by atoms with van der Waals surface area (Å²) in [5, 5.41) is 10.0. The Hall–Kier alpha value is -2.83. The number of benzene rings is 1. The van der Waals surface area contributed by atoms with Crippen LogP contribution in [0.25, 0.3) is 5.69 Å². The number of hydrogen-bond acceptors (Lipinski definition) is 3. The van der Waals surface area contributed by atoms with Crippen LogP contribution in [0.15, 0.2) is 36.7 Å². The molecule has 2 aromatic rings. The predicted octanol–water partition coefficient (Wildman–Crippen LogP) is 1.60. The van der Waals surface area contributed by atoms with Gasteiger partial charge in [0.1, 0.15) is 6.04 Å². The summed E-state index contributed by atoms with van der Waals surface area (Å²) in [4.78, 5) is 25.9. The van der Waals surface area contributed by atoms with E-state index in [1.807, 2.05) is 44.3 Å². The van der Waals surface area contributed by atoms with E-state index < -0.39 is 6.04 Å². The summed E-state index contributed by atoms with van der Waals surface area (Å²) in [6.45, 7) is 5.33. The summed E-state index contributed by atoms with van der Waals surface area (Å²) in [5.74, 6) is -0.0869. The second kappa shape index (κ2) is 7.38. The normalized spacial score (nSPS) is 17.3. The molecule has 1 saturated heterocycles. The fourth-order valence-corrected chi connectivity index (χ4v) is 3.01. The van der Waals surface area contributed by atoms with Crippen LogP contribution in [0.3, 0.4) is 0 Å². The largest absolute Gasteiger partial charge is 0.353 e. The second-order valence-corrected chi connectivity index (χ2v) is 6.20. The number of amides is 3. The van der Waals surface area contributed by atoms with E-state index in [2.05, 4.69) is 15.7 Å². The van der Waals surface area contributed by atoms with Gasteiger partial charge in [-0.1, -0.05) is 19.1 Å². The first kappa shape index (κ1) is 17.0. The van der Waals surface area contributed by atoms with Crippen molar-refractivity contribution in [3.05, 3.63) is 47.8 Å². The standard InChI is InChI=1S/C18H23N5O2/c1-3-16-17(24)19-7-8-22(16)18(25)20-10-14-11-21-23(12-14)15-6-4-5-13(2)9-15/h4-6,9,11-12,16H,3,7-8,10H2,1-2H3,(H,19,24)(H,20,25). The Balaban J connectivity index is 1.62. The third kappa shape index (κ3) is 3.81. The molecule has 2 heterocycles. The Bertz CT molecular complexity index is 770. The van der Waals surface area contributed by atoms with E-state index >= 15 is 0 Å². The Labute approximate surface area is 147 Å². The lowest BCUT2D eigenvalue weighted by Crippen LogP contribution is -2.59. The van der Waals surface area contributed by atoms with Crippen LogP contribution >= 0.6 is 0 Å². The Morgan fingerprint density at radius 1 is 1.44 bits per heavy atom. The van der Waals surface area contributed by atoms with Crippen molar-refractivity contribution in [1.29, 1.82) is 0 Å². The number of rotatable bonds is 4. The van der Waals surface area contributed by atoms with E-state index in [-0.39, 0.29) is 11.9 Å². The molecular weight excluding hydrogens is 318 g/mol. The van der Waals surface area contributed by atoms with E-state index in [0.29, 0.717) is 26.1 Å². The molecule has 1 aromatic carbocycles. The van der Waals surface area contributed by atoms with Crippen LogP contribution in [0.5, 0.6) is 0 Å². The number of aromatic nitrogens is 2. The molecule has 0 radical (unpaired) electrons. The fraction of sp³-hybridized carbons (Fsp3) is 0.389. The first-order chi connectivity index (χ1) is 12.1. The van der Waals surface area contributed by atoms with Gasteiger partial charge in [0.2, 0.25) is 5.91 Å². The van der Waals surface area contributed by atoms with Gasteiger partial charge in [0.05, 0.1) is 11.9 Å². The number of urea groups is 1. The maximum atomic E-state index is 12.4. The van der Waals surface area contributed by atoms with Gasteiger partial charge in [0.25, 0.3) is 0 Å². The molecule has 7 nitrogen and oxygen atoms in total. The van der Waals surface area contributed by atoms with Crippen LogP contribution in [-0.2, 0) is 11.3 Å². The molecule has 1 aliphatic rings. The molecule has 25 heavy (non-hydrogen) atoms. The van der Waals surface area contributed by atoms with Gasteiger partial charge in [-0.15, -0.1) is 0 Å². The van der Waals surface area contributed by atoms with E-state index in [0.717, 1.165) is 16.8 Å². The van der Waals surface area contributed by atoms with Crippen LogP contribution < -0.4 is 10.6 Å². The lowest BCUT2D eigenvalue weighted by atomic mass is 10.1. The molecule has 0 bridgehead atoms. The van der Waals surface area contributed by atoms with Crippen LogP contribution in [0, 0.1) is 6.92 Å². The van der Waals surface area contributed by atoms with Crippen molar-refractivity contribution in [2.75, 3.05) is 13.1 Å². The van der Waals surface area contributed by atoms with Gasteiger partial charge < -0.3 is 15.5 Å². The maximum Gasteiger partial charge on any atom is 0.318 e. The highest BCUT2D eigenvalue weighted by molar-refractivity contribution is 5.88. The molecule has 132 valence electrons. The summed E-state index contributed by atoms with van der Waals surface area (Å²) in [7, 11) is 0. The van der Waals surface area contributed by atoms with Crippen LogP contribution in [0.1, 0.15) is 24.5 Å². The van der Waals surface area contributed by atoms with Crippen LogP contribution in [0.2, 0.25) is 0 Å². The molecule has 1 atom stereocenters. The molecule has 0 spiro atoms.